The van der Waals surface area contributed by atoms with Crippen LogP contribution in [0.3, 0.4) is 0 Å². The molecule has 0 saturated carbocycles. The van der Waals surface area contributed by atoms with Crippen molar-refractivity contribution < 1.29 is 4.74 Å². The summed E-state index contributed by atoms with van der Waals surface area (Å²) in [6.45, 7) is 1.93. The van der Waals surface area contributed by atoms with Crippen LogP contribution in [0.1, 0.15) is 11.1 Å². The second kappa shape index (κ2) is 5.26. The molecule has 3 nitrogen and oxygen atoms in total. The van der Waals surface area contributed by atoms with Crippen LogP contribution < -0.4 is 4.74 Å². The van der Waals surface area contributed by atoms with Crippen LogP contribution in [0.25, 0.3) is 0 Å². The van der Waals surface area contributed by atoms with E-state index in [0.717, 1.165) is 5.56 Å². The zero-order chi connectivity index (χ0) is 13.1. The van der Waals surface area contributed by atoms with E-state index in [4.69, 9.17) is 33.2 Å². The third-order valence-electron chi connectivity index (χ3n) is 2.20. The molecule has 5 heteroatoms. The van der Waals surface area contributed by atoms with Crippen LogP contribution in [0, 0.1) is 18.3 Å². The molecule has 0 fully saturated rings. The van der Waals surface area contributed by atoms with Crippen molar-refractivity contribution in [3.8, 4) is 17.7 Å². The van der Waals surface area contributed by atoms with Gasteiger partial charge in [-0.2, -0.15) is 5.26 Å². The number of benzene rings is 1. The minimum atomic E-state index is 0.202. The van der Waals surface area contributed by atoms with E-state index in [1.807, 2.05) is 19.1 Å². The Balaban J connectivity index is 2.37. The number of hydrogen-bond donors (Lipinski definition) is 0. The number of rotatable bonds is 2. The Bertz CT molecular complexity index is 635. The fraction of sp³-hybridized carbons (Fsp3) is 0.0769. The van der Waals surface area contributed by atoms with E-state index in [9.17, 15) is 0 Å². The molecule has 0 N–H and O–H groups in total. The van der Waals surface area contributed by atoms with Crippen molar-refractivity contribution in [1.29, 1.82) is 5.26 Å². The maximum absolute atomic E-state index is 8.83. The highest BCUT2D eigenvalue weighted by Gasteiger charge is 2.07. The lowest BCUT2D eigenvalue weighted by Crippen LogP contribution is -1.91. The molecule has 0 aliphatic rings. The lowest BCUT2D eigenvalue weighted by atomic mass is 10.2. The molecule has 1 aromatic heterocycles. The zero-order valence-corrected chi connectivity index (χ0v) is 11.0. The third kappa shape index (κ3) is 2.92. The van der Waals surface area contributed by atoms with Gasteiger partial charge in [-0.05, 0) is 30.7 Å². The highest BCUT2D eigenvalue weighted by atomic mass is 35.5. The van der Waals surface area contributed by atoms with Crippen LogP contribution in [0.2, 0.25) is 10.2 Å². The first-order chi connectivity index (χ1) is 8.58. The van der Waals surface area contributed by atoms with Gasteiger partial charge in [0.15, 0.2) is 0 Å². The largest absolute Gasteiger partial charge is 0.437 e. The topological polar surface area (TPSA) is 45.9 Å². The second-order valence-electron chi connectivity index (χ2n) is 3.66. The molecule has 1 heterocycles. The average molecular weight is 279 g/mol. The monoisotopic (exact) mass is 278 g/mol. The molecule has 0 aliphatic heterocycles. The average Bonchev–Trinajstić information content (AvgIpc) is 2.33. The summed E-state index contributed by atoms with van der Waals surface area (Å²) in [6, 6.07) is 10.4. The van der Waals surface area contributed by atoms with Gasteiger partial charge in [0.2, 0.25) is 5.88 Å². The van der Waals surface area contributed by atoms with Gasteiger partial charge in [-0.1, -0.05) is 29.3 Å². The first kappa shape index (κ1) is 12.7. The Morgan fingerprint density at radius 3 is 2.72 bits per heavy atom. The van der Waals surface area contributed by atoms with Crippen molar-refractivity contribution in [1.82, 2.24) is 4.98 Å². The number of pyridine rings is 1. The normalized spacial score (nSPS) is 9.89. The van der Waals surface area contributed by atoms with Gasteiger partial charge in [0.25, 0.3) is 0 Å². The van der Waals surface area contributed by atoms with Gasteiger partial charge in [0.05, 0.1) is 16.7 Å². The van der Waals surface area contributed by atoms with E-state index in [2.05, 4.69) is 4.98 Å². The van der Waals surface area contributed by atoms with Crippen LogP contribution in [-0.4, -0.2) is 4.98 Å². The minimum Gasteiger partial charge on any atom is -0.437 e. The summed E-state index contributed by atoms with van der Waals surface area (Å²) in [5.41, 5.74) is 1.39. The smallest absolute Gasteiger partial charge is 0.222 e. The summed E-state index contributed by atoms with van der Waals surface area (Å²) in [7, 11) is 0. The Morgan fingerprint density at radius 1 is 1.22 bits per heavy atom. The van der Waals surface area contributed by atoms with E-state index in [1.54, 1.807) is 12.1 Å². The van der Waals surface area contributed by atoms with Gasteiger partial charge >= 0.3 is 0 Å². The summed E-state index contributed by atoms with van der Waals surface area (Å²) in [5, 5.41) is 9.51. The summed E-state index contributed by atoms with van der Waals surface area (Å²) in [5.74, 6) is 0.724. The van der Waals surface area contributed by atoms with Crippen LogP contribution in [-0.2, 0) is 0 Å². The maximum Gasteiger partial charge on any atom is 0.222 e. The summed E-state index contributed by atoms with van der Waals surface area (Å²) >= 11 is 11.8. The quantitative estimate of drug-likeness (QED) is 0.767. The van der Waals surface area contributed by atoms with Crippen molar-refractivity contribution in [3.05, 3.63) is 51.6 Å². The molecular formula is C13H8Cl2N2O. The summed E-state index contributed by atoms with van der Waals surface area (Å²) in [6.07, 6.45) is 0. The molecule has 1 aromatic carbocycles. The van der Waals surface area contributed by atoms with Crippen molar-refractivity contribution in [2.45, 2.75) is 6.92 Å². The fourth-order valence-corrected chi connectivity index (χ4v) is 1.75. The van der Waals surface area contributed by atoms with E-state index in [0.29, 0.717) is 16.3 Å². The van der Waals surface area contributed by atoms with E-state index >= 15 is 0 Å². The minimum absolute atomic E-state index is 0.202. The SMILES string of the molecule is Cc1ccc(Cl)c(Oc2cc(C#N)cc(Cl)n2)c1. The number of aromatic nitrogens is 1. The van der Waals surface area contributed by atoms with Gasteiger partial charge in [-0.3, -0.25) is 0 Å². The predicted molar refractivity (Wildman–Crippen MR) is 70.2 cm³/mol. The fourth-order valence-electron chi connectivity index (χ4n) is 1.39. The first-order valence-electron chi connectivity index (χ1n) is 5.10. The molecule has 0 radical (unpaired) electrons. The molecule has 0 spiro atoms. The third-order valence-corrected chi connectivity index (χ3v) is 2.71. The molecule has 2 rings (SSSR count). The van der Waals surface area contributed by atoms with E-state index in [1.165, 1.54) is 12.1 Å². The van der Waals surface area contributed by atoms with Crippen molar-refractivity contribution in [2.24, 2.45) is 0 Å². The van der Waals surface area contributed by atoms with Crippen molar-refractivity contribution in [3.63, 3.8) is 0 Å². The van der Waals surface area contributed by atoms with Gasteiger partial charge in [-0.15, -0.1) is 0 Å². The number of nitriles is 1. The Kier molecular flexibility index (Phi) is 3.71. The van der Waals surface area contributed by atoms with E-state index in [-0.39, 0.29) is 11.0 Å². The first-order valence-corrected chi connectivity index (χ1v) is 5.86. The van der Waals surface area contributed by atoms with Gasteiger partial charge in [0.1, 0.15) is 10.9 Å². The molecule has 0 bridgehead atoms. The van der Waals surface area contributed by atoms with Crippen molar-refractivity contribution in [2.75, 3.05) is 0 Å². The van der Waals surface area contributed by atoms with Gasteiger partial charge < -0.3 is 4.74 Å². The van der Waals surface area contributed by atoms with E-state index < -0.39 is 0 Å². The molecule has 0 atom stereocenters. The highest BCUT2D eigenvalue weighted by Crippen LogP contribution is 2.30. The standard InChI is InChI=1S/C13H8Cl2N2O/c1-8-2-3-10(14)11(4-8)18-13-6-9(7-16)5-12(15)17-13/h2-6H,1H3. The highest BCUT2D eigenvalue weighted by molar-refractivity contribution is 6.32. The Hall–Kier alpha value is -1.76. The van der Waals surface area contributed by atoms with Crippen LogP contribution in [0.15, 0.2) is 30.3 Å². The van der Waals surface area contributed by atoms with Crippen LogP contribution in [0.4, 0.5) is 0 Å². The number of nitrogens with zero attached hydrogens (tertiary/aromatic N) is 2. The number of ether oxygens (including phenoxy) is 1. The number of aryl methyl sites for hydroxylation is 1. The van der Waals surface area contributed by atoms with Gasteiger partial charge in [-0.25, -0.2) is 4.98 Å². The zero-order valence-electron chi connectivity index (χ0n) is 9.45. The molecule has 90 valence electrons. The second-order valence-corrected chi connectivity index (χ2v) is 4.46. The number of hydrogen-bond acceptors (Lipinski definition) is 3. The molecule has 2 aromatic rings. The van der Waals surface area contributed by atoms with Crippen molar-refractivity contribution >= 4 is 23.2 Å². The van der Waals surface area contributed by atoms with Crippen LogP contribution >= 0.6 is 23.2 Å². The molecule has 0 aliphatic carbocycles. The Morgan fingerprint density at radius 2 is 2.00 bits per heavy atom. The predicted octanol–water partition coefficient (Wildman–Crippen LogP) is 4.36. The Labute approximate surface area is 115 Å². The number of halogens is 2. The summed E-state index contributed by atoms with van der Waals surface area (Å²) in [4.78, 5) is 3.98. The van der Waals surface area contributed by atoms with Crippen LogP contribution in [0.5, 0.6) is 11.6 Å². The molecule has 0 amide bonds. The molecule has 0 saturated heterocycles. The molecule has 18 heavy (non-hydrogen) atoms. The lowest BCUT2D eigenvalue weighted by Gasteiger charge is -2.08. The maximum atomic E-state index is 8.83. The molecule has 0 unspecified atom stereocenters. The lowest BCUT2D eigenvalue weighted by molar-refractivity contribution is 0.463. The summed E-state index contributed by atoms with van der Waals surface area (Å²) < 4.78 is 5.53. The van der Waals surface area contributed by atoms with Gasteiger partial charge in [0, 0.05) is 6.07 Å². The molecular weight excluding hydrogens is 271 g/mol.